The number of rotatable bonds is 7. The Bertz CT molecular complexity index is 940. The number of nitrogens with zero attached hydrogens (tertiary/aromatic N) is 2. The lowest BCUT2D eigenvalue weighted by Crippen LogP contribution is -2.30. The number of amides is 1. The van der Waals surface area contributed by atoms with Gasteiger partial charge in [-0.2, -0.15) is 0 Å². The minimum Gasteiger partial charge on any atom is -0.491 e. The molecule has 3 rings (SSSR count). The highest BCUT2D eigenvalue weighted by molar-refractivity contribution is 6.34. The van der Waals surface area contributed by atoms with Gasteiger partial charge in [-0.3, -0.25) is 9.78 Å². The Morgan fingerprint density at radius 1 is 1.00 bits per heavy atom. The fourth-order valence-electron chi connectivity index (χ4n) is 2.96. The fraction of sp³-hybridized carbons (Fsp3) is 0.217. The summed E-state index contributed by atoms with van der Waals surface area (Å²) in [4.78, 5) is 19.2. The van der Waals surface area contributed by atoms with Gasteiger partial charge in [0.25, 0.3) is 5.91 Å². The van der Waals surface area contributed by atoms with E-state index < -0.39 is 0 Å². The quantitative estimate of drug-likeness (QED) is 0.461. The van der Waals surface area contributed by atoms with E-state index in [1.54, 1.807) is 35.5 Å². The molecule has 0 saturated heterocycles. The molecule has 0 atom stereocenters. The summed E-state index contributed by atoms with van der Waals surface area (Å²) in [5, 5.41) is 1.08. The van der Waals surface area contributed by atoms with E-state index in [9.17, 15) is 4.79 Å². The Hall–Kier alpha value is -2.56. The van der Waals surface area contributed by atoms with Crippen LogP contribution in [-0.2, 0) is 13.1 Å². The first-order chi connectivity index (χ1) is 13.9. The van der Waals surface area contributed by atoms with Crippen molar-refractivity contribution >= 4 is 29.1 Å². The van der Waals surface area contributed by atoms with E-state index in [2.05, 4.69) is 4.98 Å². The molecule has 29 heavy (non-hydrogen) atoms. The molecular weight excluding hydrogens is 407 g/mol. The predicted octanol–water partition coefficient (Wildman–Crippen LogP) is 6.02. The van der Waals surface area contributed by atoms with Crippen LogP contribution < -0.4 is 4.74 Å². The summed E-state index contributed by atoms with van der Waals surface area (Å²) >= 11 is 12.3. The van der Waals surface area contributed by atoms with Gasteiger partial charge in [-0.25, -0.2) is 0 Å². The molecular formula is C23H22Cl2N2O2. The van der Waals surface area contributed by atoms with Crippen LogP contribution in [0.5, 0.6) is 5.75 Å². The molecule has 0 aliphatic heterocycles. The molecule has 4 nitrogen and oxygen atoms in total. The summed E-state index contributed by atoms with van der Waals surface area (Å²) in [7, 11) is 0. The van der Waals surface area contributed by atoms with E-state index in [0.29, 0.717) is 28.7 Å². The maximum atomic E-state index is 13.3. The van der Waals surface area contributed by atoms with Gasteiger partial charge in [-0.1, -0.05) is 29.3 Å². The van der Waals surface area contributed by atoms with Crippen LogP contribution >= 0.6 is 23.2 Å². The van der Waals surface area contributed by atoms with Gasteiger partial charge in [0.2, 0.25) is 0 Å². The topological polar surface area (TPSA) is 42.4 Å². The van der Waals surface area contributed by atoms with E-state index in [4.69, 9.17) is 27.9 Å². The minimum absolute atomic E-state index is 0.0752. The van der Waals surface area contributed by atoms with Crippen LogP contribution in [0.3, 0.4) is 0 Å². The highest BCUT2D eigenvalue weighted by atomic mass is 35.5. The Balaban J connectivity index is 1.86. The van der Waals surface area contributed by atoms with E-state index in [1.165, 1.54) is 0 Å². The number of aromatic nitrogens is 1. The number of benzene rings is 2. The Kier molecular flexibility index (Phi) is 7.13. The molecule has 0 fully saturated rings. The van der Waals surface area contributed by atoms with Gasteiger partial charge in [0.05, 0.1) is 6.10 Å². The summed E-state index contributed by atoms with van der Waals surface area (Å²) in [5.41, 5.74) is 2.38. The molecule has 0 N–H and O–H groups in total. The van der Waals surface area contributed by atoms with Crippen molar-refractivity contribution in [2.24, 2.45) is 0 Å². The van der Waals surface area contributed by atoms with Gasteiger partial charge in [-0.15, -0.1) is 0 Å². The molecule has 2 aromatic carbocycles. The largest absolute Gasteiger partial charge is 0.491 e. The van der Waals surface area contributed by atoms with Gasteiger partial charge in [0.15, 0.2) is 0 Å². The van der Waals surface area contributed by atoms with Crippen molar-refractivity contribution in [3.63, 3.8) is 0 Å². The number of carbonyl (C=O) groups excluding carboxylic acids is 1. The molecule has 3 aromatic rings. The van der Waals surface area contributed by atoms with Crippen LogP contribution in [0.1, 0.15) is 35.3 Å². The van der Waals surface area contributed by atoms with Crippen LogP contribution in [0, 0.1) is 0 Å². The summed E-state index contributed by atoms with van der Waals surface area (Å²) < 4.78 is 5.66. The normalized spacial score (nSPS) is 10.8. The SMILES string of the molecule is CC(C)Oc1ccc(C(=O)N(Cc2cccnc2)Cc2cc(Cl)cc(Cl)c2)cc1. The van der Waals surface area contributed by atoms with Crippen molar-refractivity contribution in [3.05, 3.63) is 93.7 Å². The monoisotopic (exact) mass is 428 g/mol. The first kappa shape index (κ1) is 21.2. The molecule has 1 heterocycles. The maximum absolute atomic E-state index is 13.3. The molecule has 1 amide bonds. The van der Waals surface area contributed by atoms with Crippen LogP contribution in [0.2, 0.25) is 10.0 Å². The van der Waals surface area contributed by atoms with Gasteiger partial charge in [0.1, 0.15) is 5.75 Å². The second kappa shape index (κ2) is 9.77. The number of hydrogen-bond acceptors (Lipinski definition) is 3. The number of pyridine rings is 1. The average Bonchev–Trinajstić information content (AvgIpc) is 2.67. The highest BCUT2D eigenvalue weighted by Crippen LogP contribution is 2.22. The van der Waals surface area contributed by atoms with Crippen molar-refractivity contribution in [3.8, 4) is 5.75 Å². The van der Waals surface area contributed by atoms with Crippen LogP contribution in [0.15, 0.2) is 67.0 Å². The fourth-order valence-corrected chi connectivity index (χ4v) is 3.54. The highest BCUT2D eigenvalue weighted by Gasteiger charge is 2.18. The molecule has 0 aliphatic carbocycles. The zero-order chi connectivity index (χ0) is 20.8. The zero-order valence-electron chi connectivity index (χ0n) is 16.3. The molecule has 0 bridgehead atoms. The van der Waals surface area contributed by atoms with Crippen molar-refractivity contribution in [2.75, 3.05) is 0 Å². The lowest BCUT2D eigenvalue weighted by molar-refractivity contribution is 0.0730. The Labute approximate surface area is 181 Å². The summed E-state index contributed by atoms with van der Waals surface area (Å²) in [6.45, 7) is 4.72. The number of halogens is 2. The summed E-state index contributed by atoms with van der Waals surface area (Å²) in [6, 6.07) is 16.3. The molecule has 1 aromatic heterocycles. The third-order valence-electron chi connectivity index (χ3n) is 4.15. The van der Waals surface area contributed by atoms with Crippen molar-refractivity contribution in [1.82, 2.24) is 9.88 Å². The minimum atomic E-state index is -0.0963. The van der Waals surface area contributed by atoms with Gasteiger partial charge in [-0.05, 0) is 73.5 Å². The van der Waals surface area contributed by atoms with E-state index in [1.807, 2.05) is 50.2 Å². The molecule has 150 valence electrons. The molecule has 0 aliphatic rings. The van der Waals surface area contributed by atoms with Crippen LogP contribution in [0.25, 0.3) is 0 Å². The first-order valence-electron chi connectivity index (χ1n) is 9.30. The molecule has 0 saturated carbocycles. The standard InChI is InChI=1S/C23H22Cl2N2O2/c1-16(2)29-22-7-5-19(6-8-22)23(28)27(14-17-4-3-9-26-13-17)15-18-10-20(24)12-21(25)11-18/h3-13,16H,14-15H2,1-2H3. The Morgan fingerprint density at radius 3 is 2.24 bits per heavy atom. The number of carbonyl (C=O) groups is 1. The number of hydrogen-bond donors (Lipinski definition) is 0. The molecule has 0 spiro atoms. The lowest BCUT2D eigenvalue weighted by atomic mass is 10.1. The second-order valence-electron chi connectivity index (χ2n) is 6.99. The van der Waals surface area contributed by atoms with Crippen molar-refractivity contribution < 1.29 is 9.53 Å². The smallest absolute Gasteiger partial charge is 0.254 e. The zero-order valence-corrected chi connectivity index (χ0v) is 17.8. The van der Waals surface area contributed by atoms with Crippen molar-refractivity contribution in [1.29, 1.82) is 0 Å². The van der Waals surface area contributed by atoms with E-state index >= 15 is 0 Å². The average molecular weight is 429 g/mol. The van der Waals surface area contributed by atoms with Crippen LogP contribution in [-0.4, -0.2) is 21.9 Å². The first-order valence-corrected chi connectivity index (χ1v) is 10.1. The third-order valence-corrected chi connectivity index (χ3v) is 4.59. The predicted molar refractivity (Wildman–Crippen MR) is 116 cm³/mol. The van der Waals surface area contributed by atoms with Gasteiger partial charge in [0, 0.05) is 41.1 Å². The van der Waals surface area contributed by atoms with Gasteiger partial charge < -0.3 is 9.64 Å². The molecule has 0 unspecified atom stereocenters. The van der Waals surface area contributed by atoms with Crippen molar-refractivity contribution in [2.45, 2.75) is 33.0 Å². The third kappa shape index (κ3) is 6.21. The summed E-state index contributed by atoms with van der Waals surface area (Å²) in [5.74, 6) is 0.637. The lowest BCUT2D eigenvalue weighted by Gasteiger charge is -2.23. The molecule has 0 radical (unpaired) electrons. The maximum Gasteiger partial charge on any atom is 0.254 e. The van der Waals surface area contributed by atoms with E-state index in [-0.39, 0.29) is 12.0 Å². The second-order valence-corrected chi connectivity index (χ2v) is 7.86. The van der Waals surface area contributed by atoms with Crippen LogP contribution in [0.4, 0.5) is 0 Å². The van der Waals surface area contributed by atoms with Gasteiger partial charge >= 0.3 is 0 Å². The van der Waals surface area contributed by atoms with E-state index in [0.717, 1.165) is 16.9 Å². The Morgan fingerprint density at radius 2 is 1.66 bits per heavy atom. The number of ether oxygens (including phenoxy) is 1. The molecule has 6 heteroatoms. The summed E-state index contributed by atoms with van der Waals surface area (Å²) in [6.07, 6.45) is 3.54.